The van der Waals surface area contributed by atoms with E-state index in [2.05, 4.69) is 11.8 Å². The first-order valence-corrected chi connectivity index (χ1v) is 7.59. The van der Waals surface area contributed by atoms with Gasteiger partial charge in [0, 0.05) is 17.5 Å². The molecule has 23 heavy (non-hydrogen) atoms. The van der Waals surface area contributed by atoms with Crippen molar-refractivity contribution in [2.45, 2.75) is 24.8 Å². The van der Waals surface area contributed by atoms with E-state index in [4.69, 9.17) is 0 Å². The van der Waals surface area contributed by atoms with Crippen LogP contribution >= 0.6 is 0 Å². The fourth-order valence-corrected chi connectivity index (χ4v) is 3.27. The molecule has 0 saturated heterocycles. The van der Waals surface area contributed by atoms with Gasteiger partial charge in [0.15, 0.2) is 11.6 Å². The third kappa shape index (κ3) is 2.52. The van der Waals surface area contributed by atoms with Crippen LogP contribution in [0, 0.1) is 28.7 Å². The fourth-order valence-electron chi connectivity index (χ4n) is 3.27. The Hall–Kier alpha value is -2.22. The van der Waals surface area contributed by atoms with Gasteiger partial charge in [-0.15, -0.1) is 0 Å². The Labute approximate surface area is 133 Å². The van der Waals surface area contributed by atoms with Gasteiger partial charge in [-0.1, -0.05) is 24.0 Å². The van der Waals surface area contributed by atoms with Gasteiger partial charge in [0.1, 0.15) is 0 Å². The zero-order valence-electron chi connectivity index (χ0n) is 12.4. The SMILES string of the molecule is [O-]N1Cc2ccc(C#Cc3cccc(F)c3F)cc2C2(CC2)C1. The molecule has 2 aliphatic rings. The summed E-state index contributed by atoms with van der Waals surface area (Å²) in [6.07, 6.45) is 2.04. The van der Waals surface area contributed by atoms with E-state index in [0.29, 0.717) is 13.1 Å². The maximum atomic E-state index is 13.6. The van der Waals surface area contributed by atoms with Crippen molar-refractivity contribution in [2.24, 2.45) is 0 Å². The van der Waals surface area contributed by atoms with Gasteiger partial charge >= 0.3 is 0 Å². The summed E-state index contributed by atoms with van der Waals surface area (Å²) >= 11 is 0. The highest BCUT2D eigenvalue weighted by atomic mass is 19.2. The molecule has 0 N–H and O–H groups in total. The first-order chi connectivity index (χ1) is 11.1. The second-order valence-electron chi connectivity index (χ2n) is 6.30. The van der Waals surface area contributed by atoms with E-state index < -0.39 is 11.6 Å². The molecule has 2 aromatic rings. The summed E-state index contributed by atoms with van der Waals surface area (Å²) < 4.78 is 26.8. The lowest BCUT2D eigenvalue weighted by Crippen LogP contribution is -2.34. The molecular formula is C19H14F2NO-. The molecule has 1 heterocycles. The Morgan fingerprint density at radius 2 is 1.91 bits per heavy atom. The van der Waals surface area contributed by atoms with E-state index >= 15 is 0 Å². The van der Waals surface area contributed by atoms with Crippen molar-refractivity contribution >= 4 is 0 Å². The summed E-state index contributed by atoms with van der Waals surface area (Å²) in [6, 6.07) is 9.73. The molecule has 1 aliphatic heterocycles. The first-order valence-electron chi connectivity index (χ1n) is 7.59. The van der Waals surface area contributed by atoms with E-state index in [-0.39, 0.29) is 11.0 Å². The lowest BCUT2D eigenvalue weighted by atomic mass is 9.86. The van der Waals surface area contributed by atoms with Crippen molar-refractivity contribution < 1.29 is 8.78 Å². The number of rotatable bonds is 0. The summed E-state index contributed by atoms with van der Waals surface area (Å²) in [6.45, 7) is 0.943. The molecule has 0 amide bonds. The van der Waals surface area contributed by atoms with Crippen molar-refractivity contribution in [2.75, 3.05) is 6.54 Å². The molecule has 4 rings (SSSR count). The molecule has 1 aliphatic carbocycles. The lowest BCUT2D eigenvalue weighted by Gasteiger charge is -2.39. The summed E-state index contributed by atoms with van der Waals surface area (Å²) in [4.78, 5) is 0. The molecular weight excluding hydrogens is 296 g/mol. The standard InChI is InChI=1S/C19H14F2NO/c20-17-3-1-2-14(18(17)21)6-4-13-5-7-15-11-22(23)12-19(8-9-19)16(15)10-13/h1-3,5,7,10H,8-9,11-12H2/q-1. The molecule has 2 aromatic carbocycles. The number of fused-ring (bicyclic) bond motifs is 2. The minimum Gasteiger partial charge on any atom is -0.785 e. The van der Waals surface area contributed by atoms with Crippen LogP contribution in [0.2, 0.25) is 0 Å². The van der Waals surface area contributed by atoms with Crippen LogP contribution < -0.4 is 0 Å². The predicted octanol–water partition coefficient (Wildman–Crippen LogP) is 3.71. The molecule has 116 valence electrons. The van der Waals surface area contributed by atoms with Crippen LogP contribution in [-0.2, 0) is 12.0 Å². The van der Waals surface area contributed by atoms with Crippen molar-refractivity contribution in [3.63, 3.8) is 0 Å². The smallest absolute Gasteiger partial charge is 0.174 e. The van der Waals surface area contributed by atoms with Gasteiger partial charge in [0.2, 0.25) is 0 Å². The lowest BCUT2D eigenvalue weighted by molar-refractivity contribution is 0.306. The highest BCUT2D eigenvalue weighted by Gasteiger charge is 2.47. The number of nitrogens with zero attached hydrogens (tertiary/aromatic N) is 1. The monoisotopic (exact) mass is 310 g/mol. The molecule has 1 fully saturated rings. The molecule has 1 spiro atoms. The second kappa shape index (κ2) is 5.16. The molecule has 0 bridgehead atoms. The summed E-state index contributed by atoms with van der Waals surface area (Å²) in [7, 11) is 0. The van der Waals surface area contributed by atoms with Gasteiger partial charge in [-0.3, -0.25) is 0 Å². The molecule has 0 atom stereocenters. The third-order valence-electron chi connectivity index (χ3n) is 4.65. The normalized spacial score (nSPS) is 18.2. The van der Waals surface area contributed by atoms with Gasteiger partial charge in [0.25, 0.3) is 0 Å². The summed E-state index contributed by atoms with van der Waals surface area (Å²) in [5.41, 5.74) is 3.03. The molecule has 4 heteroatoms. The number of hydrogen-bond donors (Lipinski definition) is 0. The number of benzene rings is 2. The van der Waals surface area contributed by atoms with Crippen molar-refractivity contribution in [1.29, 1.82) is 0 Å². The van der Waals surface area contributed by atoms with Crippen LogP contribution in [0.1, 0.15) is 35.1 Å². The van der Waals surface area contributed by atoms with Gasteiger partial charge in [-0.05, 0) is 54.8 Å². The Morgan fingerprint density at radius 1 is 1.09 bits per heavy atom. The minimum absolute atomic E-state index is 0.0167. The molecule has 0 unspecified atom stereocenters. The number of hydroxylamine groups is 2. The highest BCUT2D eigenvalue weighted by molar-refractivity contribution is 5.50. The van der Waals surface area contributed by atoms with Gasteiger partial charge < -0.3 is 10.3 Å². The summed E-state index contributed by atoms with van der Waals surface area (Å²) in [5.74, 6) is 3.79. The Balaban J connectivity index is 1.70. The Bertz CT molecular complexity index is 846. The van der Waals surface area contributed by atoms with Crippen molar-refractivity contribution in [1.82, 2.24) is 5.06 Å². The van der Waals surface area contributed by atoms with Crippen LogP contribution in [0.3, 0.4) is 0 Å². The topological polar surface area (TPSA) is 26.3 Å². The van der Waals surface area contributed by atoms with Crippen LogP contribution in [0.4, 0.5) is 8.78 Å². The average Bonchev–Trinajstić information content (AvgIpc) is 3.29. The van der Waals surface area contributed by atoms with E-state index in [1.165, 1.54) is 17.7 Å². The van der Waals surface area contributed by atoms with Gasteiger partial charge in [-0.25, -0.2) is 8.78 Å². The molecule has 2 nitrogen and oxygen atoms in total. The predicted molar refractivity (Wildman–Crippen MR) is 83.5 cm³/mol. The Morgan fingerprint density at radius 3 is 2.70 bits per heavy atom. The molecule has 0 aromatic heterocycles. The zero-order valence-corrected chi connectivity index (χ0v) is 12.4. The van der Waals surface area contributed by atoms with Crippen molar-refractivity contribution in [3.8, 4) is 11.8 Å². The van der Waals surface area contributed by atoms with Crippen LogP contribution in [0.15, 0.2) is 36.4 Å². The number of halogens is 2. The zero-order chi connectivity index (χ0) is 16.0. The van der Waals surface area contributed by atoms with E-state index in [1.54, 1.807) is 0 Å². The maximum Gasteiger partial charge on any atom is 0.174 e. The number of hydrogen-bond acceptors (Lipinski definition) is 2. The molecule has 1 saturated carbocycles. The second-order valence-corrected chi connectivity index (χ2v) is 6.30. The maximum absolute atomic E-state index is 13.6. The van der Waals surface area contributed by atoms with E-state index in [9.17, 15) is 14.0 Å². The van der Waals surface area contributed by atoms with E-state index in [1.807, 2.05) is 18.2 Å². The largest absolute Gasteiger partial charge is 0.785 e. The van der Waals surface area contributed by atoms with Crippen molar-refractivity contribution in [3.05, 3.63) is 75.5 Å². The van der Waals surface area contributed by atoms with E-state index in [0.717, 1.165) is 35.1 Å². The van der Waals surface area contributed by atoms with Crippen LogP contribution in [0.25, 0.3) is 0 Å². The summed E-state index contributed by atoms with van der Waals surface area (Å²) in [5, 5.41) is 12.9. The quantitative estimate of drug-likeness (QED) is 0.693. The van der Waals surface area contributed by atoms with Gasteiger partial charge in [0.05, 0.1) is 5.56 Å². The van der Waals surface area contributed by atoms with Gasteiger partial charge in [-0.2, -0.15) is 0 Å². The third-order valence-corrected chi connectivity index (χ3v) is 4.65. The fraction of sp³-hybridized carbons (Fsp3) is 0.263. The minimum atomic E-state index is -0.918. The van der Waals surface area contributed by atoms with Crippen LogP contribution in [-0.4, -0.2) is 11.6 Å². The highest BCUT2D eigenvalue weighted by Crippen LogP contribution is 2.52. The first kappa shape index (κ1) is 14.4. The van der Waals surface area contributed by atoms with Crippen LogP contribution in [0.5, 0.6) is 0 Å². The average molecular weight is 310 g/mol. The molecule has 0 radical (unpaired) electrons. The Kier molecular flexibility index (Phi) is 3.22.